The van der Waals surface area contributed by atoms with Crippen LogP contribution < -0.4 is 15.4 Å². The molecule has 0 aliphatic heterocycles. The Morgan fingerprint density at radius 1 is 0.784 bits per heavy atom. The van der Waals surface area contributed by atoms with Crippen molar-refractivity contribution in [3.8, 4) is 28.3 Å². The van der Waals surface area contributed by atoms with Crippen LogP contribution in [0.1, 0.15) is 86.3 Å². The fraction of sp³-hybridized carbons (Fsp3) is 0.385. The molecule has 11 nitrogen and oxygen atoms in total. The Labute approximate surface area is 302 Å². The number of nitrogens with zero attached hydrogens (tertiary/aromatic N) is 2. The van der Waals surface area contributed by atoms with Crippen molar-refractivity contribution in [2.75, 3.05) is 6.61 Å². The number of hydrogen-bond donors (Lipinski definition) is 4. The van der Waals surface area contributed by atoms with Crippen LogP contribution in [0.15, 0.2) is 73.1 Å². The Morgan fingerprint density at radius 2 is 1.43 bits per heavy atom. The zero-order valence-electron chi connectivity index (χ0n) is 29.5. The summed E-state index contributed by atoms with van der Waals surface area (Å²) in [5, 5.41) is 23.6. The van der Waals surface area contributed by atoms with Gasteiger partial charge in [-0.2, -0.15) is 0 Å². The van der Waals surface area contributed by atoms with Gasteiger partial charge in [0.2, 0.25) is 5.91 Å². The topological polar surface area (TPSA) is 168 Å². The molecular weight excluding hydrogens is 669 g/mol. The van der Waals surface area contributed by atoms with E-state index < -0.39 is 42.3 Å². The Morgan fingerprint density at radius 3 is 2.02 bits per heavy atom. The number of ether oxygens (including phenoxy) is 1. The van der Waals surface area contributed by atoms with Crippen LogP contribution in [0, 0.1) is 0 Å². The zero-order chi connectivity index (χ0) is 37.0. The number of carboxylic acid groups (broad SMARTS) is 2. The van der Waals surface area contributed by atoms with Gasteiger partial charge in [0.1, 0.15) is 17.8 Å². The van der Waals surface area contributed by atoms with Crippen LogP contribution in [-0.4, -0.2) is 62.6 Å². The summed E-state index contributed by atoms with van der Waals surface area (Å²) in [5.41, 5.74) is 3.05. The SMILES string of the molecule is CCCCCCCOc1ccc(-c2cnc(-c3ccc(CC(NC(=O)c4ccc(C(C)(C)C)s4)C(=O)NC(CC(=O)O)C(=O)O)cc3)nc2)cc1. The summed E-state index contributed by atoms with van der Waals surface area (Å²) in [4.78, 5) is 59.9. The highest BCUT2D eigenvalue weighted by Crippen LogP contribution is 2.29. The van der Waals surface area contributed by atoms with Crippen molar-refractivity contribution in [2.45, 2.75) is 90.1 Å². The summed E-state index contributed by atoms with van der Waals surface area (Å²) >= 11 is 1.30. The van der Waals surface area contributed by atoms with Crippen LogP contribution >= 0.6 is 11.3 Å². The van der Waals surface area contributed by atoms with Crippen molar-refractivity contribution < 1.29 is 34.1 Å². The lowest BCUT2D eigenvalue weighted by Gasteiger charge is -2.21. The third kappa shape index (κ3) is 11.7. The number of rotatable bonds is 18. The van der Waals surface area contributed by atoms with Gasteiger partial charge >= 0.3 is 11.9 Å². The zero-order valence-corrected chi connectivity index (χ0v) is 30.3. The van der Waals surface area contributed by atoms with Gasteiger partial charge < -0.3 is 25.6 Å². The number of aromatic nitrogens is 2. The molecule has 2 unspecified atom stereocenters. The van der Waals surface area contributed by atoms with E-state index in [0.717, 1.165) is 33.7 Å². The maximum atomic E-state index is 13.3. The van der Waals surface area contributed by atoms with Gasteiger partial charge in [0.25, 0.3) is 5.91 Å². The second-order valence-corrected chi connectivity index (χ2v) is 14.5. The molecule has 270 valence electrons. The molecule has 0 bridgehead atoms. The molecule has 51 heavy (non-hydrogen) atoms. The standard InChI is InChI=1S/C39H46N4O7S/c1-5-6-7-8-9-20-50-29-16-14-26(15-17-29)28-23-40-35(41-24-28)27-12-10-25(11-13-27)21-30(36(46)43-31(38(48)49)22-34(44)45)42-37(47)32-18-19-33(51-32)39(2,3)4/h10-19,23-24,30-31H,5-9,20-22H2,1-4H3,(H,42,47)(H,43,46)(H,44,45)(H,48,49). The lowest BCUT2D eigenvalue weighted by molar-refractivity contribution is -0.147. The Kier molecular flexibility index (Phi) is 13.8. The smallest absolute Gasteiger partial charge is 0.326 e. The number of benzene rings is 2. The van der Waals surface area contributed by atoms with Crippen LogP contribution in [0.25, 0.3) is 22.5 Å². The number of carboxylic acids is 2. The minimum absolute atomic E-state index is 0.0210. The number of hydrogen-bond acceptors (Lipinski definition) is 8. The van der Waals surface area contributed by atoms with Gasteiger partial charge in [-0.3, -0.25) is 14.4 Å². The number of aliphatic carboxylic acids is 2. The van der Waals surface area contributed by atoms with Crippen molar-refractivity contribution in [2.24, 2.45) is 0 Å². The van der Waals surface area contributed by atoms with E-state index in [2.05, 4.69) is 27.5 Å². The number of nitrogens with one attached hydrogen (secondary N) is 2. The highest BCUT2D eigenvalue weighted by atomic mass is 32.1. The van der Waals surface area contributed by atoms with Crippen LogP contribution in [-0.2, 0) is 26.2 Å². The number of amides is 2. The van der Waals surface area contributed by atoms with E-state index in [1.54, 1.807) is 42.7 Å². The van der Waals surface area contributed by atoms with Gasteiger partial charge in [0, 0.05) is 34.8 Å². The maximum absolute atomic E-state index is 13.3. The van der Waals surface area contributed by atoms with Gasteiger partial charge in [-0.15, -0.1) is 11.3 Å². The first kappa shape index (κ1) is 38.7. The van der Waals surface area contributed by atoms with Crippen LogP contribution in [0.5, 0.6) is 5.75 Å². The van der Waals surface area contributed by atoms with E-state index in [1.165, 1.54) is 37.0 Å². The number of thiophene rings is 1. The normalized spacial score (nSPS) is 12.5. The first-order chi connectivity index (χ1) is 24.3. The molecule has 2 aromatic carbocycles. The molecule has 2 heterocycles. The molecule has 0 radical (unpaired) electrons. The summed E-state index contributed by atoms with van der Waals surface area (Å²) in [7, 11) is 0. The highest BCUT2D eigenvalue weighted by molar-refractivity contribution is 7.14. The molecule has 2 atom stereocenters. The summed E-state index contributed by atoms with van der Waals surface area (Å²) in [6, 6.07) is 15.7. The predicted molar refractivity (Wildman–Crippen MR) is 197 cm³/mol. The molecular formula is C39H46N4O7S. The molecule has 0 saturated carbocycles. The molecule has 0 aliphatic rings. The molecule has 0 spiro atoms. The third-order valence-electron chi connectivity index (χ3n) is 8.19. The summed E-state index contributed by atoms with van der Waals surface area (Å²) in [5.74, 6) is -2.85. The van der Waals surface area contributed by atoms with E-state index in [9.17, 15) is 24.3 Å². The van der Waals surface area contributed by atoms with Gasteiger partial charge in [0.15, 0.2) is 5.82 Å². The molecule has 4 aromatic rings. The van der Waals surface area contributed by atoms with Gasteiger partial charge in [0.05, 0.1) is 17.9 Å². The molecule has 2 aromatic heterocycles. The van der Waals surface area contributed by atoms with Crippen LogP contribution in [0.2, 0.25) is 0 Å². The average Bonchev–Trinajstić information content (AvgIpc) is 3.62. The van der Waals surface area contributed by atoms with Gasteiger partial charge in [-0.05, 0) is 47.2 Å². The molecule has 2 amide bonds. The predicted octanol–water partition coefficient (Wildman–Crippen LogP) is 6.90. The van der Waals surface area contributed by atoms with Crippen molar-refractivity contribution in [3.05, 3.63) is 88.4 Å². The first-order valence-corrected chi connectivity index (χ1v) is 18.0. The summed E-state index contributed by atoms with van der Waals surface area (Å²) in [6.45, 7) is 8.99. The molecule has 12 heteroatoms. The average molecular weight is 715 g/mol. The second-order valence-electron chi connectivity index (χ2n) is 13.4. The largest absolute Gasteiger partial charge is 0.494 e. The highest BCUT2D eigenvalue weighted by Gasteiger charge is 2.29. The summed E-state index contributed by atoms with van der Waals surface area (Å²) in [6.07, 6.45) is 8.64. The van der Waals surface area contributed by atoms with Gasteiger partial charge in [-0.1, -0.05) is 89.8 Å². The molecule has 4 rings (SSSR count). The molecule has 0 fully saturated rings. The quantitative estimate of drug-likeness (QED) is 0.0801. The Bertz CT molecular complexity index is 1760. The fourth-order valence-electron chi connectivity index (χ4n) is 5.24. The van der Waals surface area contributed by atoms with E-state index in [-0.39, 0.29) is 11.8 Å². The summed E-state index contributed by atoms with van der Waals surface area (Å²) < 4.78 is 5.87. The lowest BCUT2D eigenvalue weighted by Crippen LogP contribution is -2.52. The minimum Gasteiger partial charge on any atom is -0.494 e. The van der Waals surface area contributed by atoms with E-state index in [4.69, 9.17) is 9.84 Å². The molecule has 0 saturated heterocycles. The van der Waals surface area contributed by atoms with Crippen LogP contribution in [0.3, 0.4) is 0 Å². The third-order valence-corrected chi connectivity index (χ3v) is 9.70. The number of unbranched alkanes of at least 4 members (excludes halogenated alkanes) is 4. The monoisotopic (exact) mass is 714 g/mol. The number of carbonyl (C=O) groups is 4. The fourth-order valence-corrected chi connectivity index (χ4v) is 6.21. The van der Waals surface area contributed by atoms with Crippen molar-refractivity contribution >= 4 is 35.1 Å². The van der Waals surface area contributed by atoms with Crippen LogP contribution in [0.4, 0.5) is 0 Å². The van der Waals surface area contributed by atoms with Gasteiger partial charge in [-0.25, -0.2) is 14.8 Å². The Hall–Kier alpha value is -5.10. The van der Waals surface area contributed by atoms with Crippen molar-refractivity contribution in [3.63, 3.8) is 0 Å². The Balaban J connectivity index is 1.43. The van der Waals surface area contributed by atoms with E-state index >= 15 is 0 Å². The maximum Gasteiger partial charge on any atom is 0.326 e. The lowest BCUT2D eigenvalue weighted by atomic mass is 9.95. The van der Waals surface area contributed by atoms with E-state index in [0.29, 0.717) is 22.9 Å². The molecule has 4 N–H and O–H groups in total. The molecule has 0 aliphatic carbocycles. The van der Waals surface area contributed by atoms with Crippen molar-refractivity contribution in [1.29, 1.82) is 0 Å². The first-order valence-electron chi connectivity index (χ1n) is 17.1. The van der Waals surface area contributed by atoms with E-state index in [1.807, 2.05) is 51.1 Å². The van der Waals surface area contributed by atoms with Crippen molar-refractivity contribution in [1.82, 2.24) is 20.6 Å². The second kappa shape index (κ2) is 18.2. The number of carbonyl (C=O) groups excluding carboxylic acids is 2. The minimum atomic E-state index is -1.66.